The van der Waals surface area contributed by atoms with Gasteiger partial charge in [0.05, 0.1) is 13.2 Å². The van der Waals surface area contributed by atoms with Gasteiger partial charge in [0.25, 0.3) is 5.12 Å². The monoisotopic (exact) mass is 416 g/mol. The number of hydrogen-bond acceptors (Lipinski definition) is 13. The Hall–Kier alpha value is -0.420. The maximum Gasteiger partial charge on any atom is 0.258 e. The Bertz CT molecular complexity index is 534. The van der Waals surface area contributed by atoms with Gasteiger partial charge in [-0.1, -0.05) is 0 Å². The molecule has 0 radical (unpaired) electrons. The van der Waals surface area contributed by atoms with E-state index in [1.807, 2.05) is 0 Å². The molecule has 0 aromatic heterocycles. The summed E-state index contributed by atoms with van der Waals surface area (Å²) in [5.41, 5.74) is 0. The summed E-state index contributed by atoms with van der Waals surface area (Å²) in [7, 11) is 0. The van der Waals surface area contributed by atoms with Gasteiger partial charge < -0.3 is 55.1 Å². The first-order valence-corrected chi connectivity index (χ1v) is 8.87. The smallest absolute Gasteiger partial charge is 0.258 e. The van der Waals surface area contributed by atoms with E-state index >= 15 is 0 Å². The van der Waals surface area contributed by atoms with Crippen LogP contribution in [-0.4, -0.2) is 119 Å². The second kappa shape index (κ2) is 8.52. The van der Waals surface area contributed by atoms with E-state index in [2.05, 4.69) is 0 Å². The van der Waals surface area contributed by atoms with Gasteiger partial charge in [0.1, 0.15) is 49.3 Å². The number of aliphatic hydroxyl groups is 8. The number of thioether (sulfide) groups is 1. The fourth-order valence-corrected chi connectivity index (χ4v) is 4.01. The molecule has 0 spiro atoms. The van der Waals surface area contributed by atoms with Crippen LogP contribution < -0.4 is 0 Å². The minimum absolute atomic E-state index is 0.207. The minimum Gasteiger partial charge on any atom is -0.394 e. The minimum atomic E-state index is -2.52. The topological polar surface area (TPSA) is 207 Å². The van der Waals surface area contributed by atoms with Crippen LogP contribution in [0.4, 0.5) is 0 Å². The molecular weight excluding hydrogens is 392 g/mol. The first-order valence-electron chi connectivity index (χ1n) is 8.05. The molecule has 2 rings (SSSR count). The SMILES string of the molecule is CC(=O)S[C@@]1(OC2(CO)O[C@H](CO)[C@@H](O)[C@@H]2O)O[C@H](CO)[C@@H](O)[C@H](O)[C@H]1O. The van der Waals surface area contributed by atoms with Gasteiger partial charge in [-0.05, 0) is 11.8 Å². The molecule has 0 aromatic carbocycles. The number of rotatable bonds is 6. The molecule has 2 heterocycles. The van der Waals surface area contributed by atoms with E-state index in [9.17, 15) is 45.6 Å². The molecule has 2 aliphatic heterocycles. The summed E-state index contributed by atoms with van der Waals surface area (Å²) in [6, 6.07) is 0. The van der Waals surface area contributed by atoms with Crippen LogP contribution >= 0.6 is 11.8 Å². The molecule has 12 nitrogen and oxygen atoms in total. The van der Waals surface area contributed by atoms with Gasteiger partial charge in [-0.2, -0.15) is 0 Å². The Morgan fingerprint density at radius 1 is 0.926 bits per heavy atom. The summed E-state index contributed by atoms with van der Waals surface area (Å²) >= 11 is 0.207. The number of carbonyl (C=O) groups is 1. The van der Waals surface area contributed by atoms with Crippen molar-refractivity contribution in [3.8, 4) is 0 Å². The summed E-state index contributed by atoms with van der Waals surface area (Å²) in [6.45, 7) is -1.60. The van der Waals surface area contributed by atoms with Crippen molar-refractivity contribution in [3.63, 3.8) is 0 Å². The van der Waals surface area contributed by atoms with Crippen molar-refractivity contribution in [1.82, 2.24) is 0 Å². The van der Waals surface area contributed by atoms with Crippen molar-refractivity contribution in [3.05, 3.63) is 0 Å². The number of hydrogen-bond donors (Lipinski definition) is 8. The molecule has 13 heteroatoms. The Kier molecular flexibility index (Phi) is 7.22. The van der Waals surface area contributed by atoms with Gasteiger partial charge in [-0.3, -0.25) is 4.79 Å². The highest BCUT2D eigenvalue weighted by molar-refractivity contribution is 8.14. The van der Waals surface area contributed by atoms with Crippen LogP contribution in [0.25, 0.3) is 0 Å². The zero-order valence-corrected chi connectivity index (χ0v) is 15.1. The quantitative estimate of drug-likeness (QED) is 0.192. The predicted molar refractivity (Wildman–Crippen MR) is 85.9 cm³/mol. The molecule has 1 unspecified atom stereocenters. The lowest BCUT2D eigenvalue weighted by Gasteiger charge is -2.49. The van der Waals surface area contributed by atoms with Crippen LogP contribution in [0, 0.1) is 0 Å². The first kappa shape index (κ1) is 22.9. The van der Waals surface area contributed by atoms with Crippen LogP contribution in [-0.2, 0) is 19.0 Å². The summed E-state index contributed by atoms with van der Waals surface area (Å²) in [6.07, 6.45) is -12.2. The lowest BCUT2D eigenvalue weighted by atomic mass is 9.98. The summed E-state index contributed by atoms with van der Waals surface area (Å²) in [5.74, 6) is -2.45. The first-order chi connectivity index (χ1) is 12.6. The van der Waals surface area contributed by atoms with E-state index in [0.717, 1.165) is 6.92 Å². The highest BCUT2D eigenvalue weighted by Crippen LogP contribution is 2.46. The fraction of sp³-hybridized carbons (Fsp3) is 0.929. The molecule has 9 atom stereocenters. The van der Waals surface area contributed by atoms with Crippen molar-refractivity contribution >= 4 is 16.9 Å². The van der Waals surface area contributed by atoms with Crippen LogP contribution in [0.15, 0.2) is 0 Å². The Labute approximate surface area is 157 Å². The van der Waals surface area contributed by atoms with Gasteiger partial charge in [0.2, 0.25) is 5.79 Å². The largest absolute Gasteiger partial charge is 0.394 e. The molecule has 0 aromatic rings. The molecule has 2 saturated heterocycles. The highest BCUT2D eigenvalue weighted by Gasteiger charge is 2.64. The maximum absolute atomic E-state index is 11.7. The fourth-order valence-electron chi connectivity index (χ4n) is 2.99. The summed E-state index contributed by atoms with van der Waals surface area (Å²) < 4.78 is 16.0. The normalized spacial score (nSPS) is 48.0. The summed E-state index contributed by atoms with van der Waals surface area (Å²) in [4.78, 5) is 11.7. The van der Waals surface area contributed by atoms with Crippen molar-refractivity contribution < 1.29 is 59.9 Å². The van der Waals surface area contributed by atoms with Gasteiger partial charge in [0.15, 0.2) is 5.12 Å². The molecule has 158 valence electrons. The predicted octanol–water partition coefficient (Wildman–Crippen LogP) is -4.79. The standard InChI is InChI=1S/C14H24O12S/c1-5(18)27-14(12(23)10(21)8(19)6(2-15)25-14)26-13(4-17)11(22)9(20)7(3-16)24-13/h6-12,15-17,19-23H,2-4H2,1H3/t6-,7-,8-,9-,10+,11+,12-,13?,14-/m1/s1. The average molecular weight is 416 g/mol. The van der Waals surface area contributed by atoms with E-state index < -0.39 is 78.6 Å². The van der Waals surface area contributed by atoms with Crippen LogP contribution in [0.1, 0.15) is 6.92 Å². The highest BCUT2D eigenvalue weighted by atomic mass is 32.2. The molecule has 0 bridgehead atoms. The number of ether oxygens (including phenoxy) is 3. The second-order valence-corrected chi connectivity index (χ2v) is 7.66. The second-order valence-electron chi connectivity index (χ2n) is 6.31. The Morgan fingerprint density at radius 3 is 1.93 bits per heavy atom. The van der Waals surface area contributed by atoms with Gasteiger partial charge in [-0.15, -0.1) is 0 Å². The lowest BCUT2D eigenvalue weighted by Crippen LogP contribution is -2.68. The van der Waals surface area contributed by atoms with E-state index in [4.69, 9.17) is 14.2 Å². The van der Waals surface area contributed by atoms with Crippen molar-refractivity contribution in [2.45, 2.75) is 60.6 Å². The van der Waals surface area contributed by atoms with Crippen molar-refractivity contribution in [2.75, 3.05) is 19.8 Å². The molecule has 0 saturated carbocycles. The number of carbonyl (C=O) groups excluding carboxylic acids is 1. The van der Waals surface area contributed by atoms with E-state index in [-0.39, 0.29) is 11.8 Å². The van der Waals surface area contributed by atoms with Crippen LogP contribution in [0.5, 0.6) is 0 Å². The molecule has 8 N–H and O–H groups in total. The van der Waals surface area contributed by atoms with Crippen molar-refractivity contribution in [1.29, 1.82) is 0 Å². The van der Waals surface area contributed by atoms with Crippen LogP contribution in [0.3, 0.4) is 0 Å². The van der Waals surface area contributed by atoms with E-state index in [1.54, 1.807) is 0 Å². The molecule has 0 aliphatic carbocycles. The van der Waals surface area contributed by atoms with Gasteiger partial charge in [0, 0.05) is 6.92 Å². The molecule has 0 amide bonds. The molecular formula is C14H24O12S. The third kappa shape index (κ3) is 4.01. The van der Waals surface area contributed by atoms with Gasteiger partial charge in [-0.25, -0.2) is 0 Å². The average Bonchev–Trinajstić information content (AvgIpc) is 2.87. The van der Waals surface area contributed by atoms with E-state index in [1.165, 1.54) is 0 Å². The zero-order valence-electron chi connectivity index (χ0n) is 14.3. The molecule has 2 aliphatic rings. The maximum atomic E-state index is 11.7. The number of aliphatic hydroxyl groups excluding tert-OH is 8. The Morgan fingerprint density at radius 2 is 1.48 bits per heavy atom. The van der Waals surface area contributed by atoms with E-state index in [0.29, 0.717) is 0 Å². The zero-order chi connectivity index (χ0) is 20.6. The Balaban J connectivity index is 2.45. The molecule has 2 fully saturated rings. The molecule has 27 heavy (non-hydrogen) atoms. The third-order valence-electron chi connectivity index (χ3n) is 4.42. The third-order valence-corrected chi connectivity index (χ3v) is 5.41. The van der Waals surface area contributed by atoms with Crippen molar-refractivity contribution in [2.24, 2.45) is 0 Å². The summed E-state index contributed by atoms with van der Waals surface area (Å²) in [5, 5.41) is 75.7. The van der Waals surface area contributed by atoms with Crippen LogP contribution in [0.2, 0.25) is 0 Å². The lowest BCUT2D eigenvalue weighted by molar-refractivity contribution is -0.399. The van der Waals surface area contributed by atoms with Gasteiger partial charge >= 0.3 is 0 Å².